The number of rotatable bonds is 14. The van der Waals surface area contributed by atoms with Crippen molar-refractivity contribution in [3.05, 3.63) is 138 Å². The van der Waals surface area contributed by atoms with Gasteiger partial charge in [0.25, 0.3) is 0 Å². The van der Waals surface area contributed by atoms with Crippen LogP contribution < -0.4 is 9.64 Å². The van der Waals surface area contributed by atoms with Gasteiger partial charge in [-0.3, -0.25) is 9.69 Å². The fraction of sp³-hybridized carbons (Fsp3) is 0.282. The van der Waals surface area contributed by atoms with Gasteiger partial charge in [-0.15, -0.1) is 0 Å². The molecule has 0 aliphatic carbocycles. The zero-order valence-electron chi connectivity index (χ0n) is 28.2. The van der Waals surface area contributed by atoms with Crippen LogP contribution in [0.15, 0.2) is 115 Å². The van der Waals surface area contributed by atoms with Gasteiger partial charge in [-0.1, -0.05) is 91.0 Å². The van der Waals surface area contributed by atoms with Crippen molar-refractivity contribution >= 4 is 27.6 Å². The second kappa shape index (κ2) is 16.0. The quantitative estimate of drug-likeness (QED) is 0.0780. The average molecular weight is 713 g/mol. The molecule has 11 nitrogen and oxygen atoms in total. The standard InChI is InChI=1S/C39H40N2O9S/c1-3-18-49-39(44)40-21-34-37(41(34)51(45,46)31-16-14-27(2)15-17-31)38(43)32(22-42)36-33(40)19-30(20-35(36)50-25-29-12-8-5-9-13-29)24-48-26-47-23-28-10-6-4-7-11-28/h3-17,19-20,32,34,37,42H,1,18,21-26H2,2H3/t32-,34-,37-,41?/m0/s1. The van der Waals surface area contributed by atoms with Crippen molar-refractivity contribution in [3.63, 3.8) is 0 Å². The van der Waals surface area contributed by atoms with Crippen LogP contribution in [0, 0.1) is 6.92 Å². The number of nitrogens with zero attached hydrogens (tertiary/aromatic N) is 2. The van der Waals surface area contributed by atoms with E-state index in [1.165, 1.54) is 23.1 Å². The molecule has 1 saturated heterocycles. The molecular formula is C39H40N2O9S. The number of aliphatic hydroxyl groups is 1. The Kier molecular flexibility index (Phi) is 11.3. The van der Waals surface area contributed by atoms with E-state index >= 15 is 0 Å². The molecule has 1 unspecified atom stereocenters. The summed E-state index contributed by atoms with van der Waals surface area (Å²) in [5.74, 6) is -1.49. The molecule has 4 aromatic carbocycles. The Labute approximate surface area is 297 Å². The molecule has 2 heterocycles. The molecule has 1 N–H and O–H groups in total. The van der Waals surface area contributed by atoms with Gasteiger partial charge in [-0.2, -0.15) is 4.31 Å². The third kappa shape index (κ3) is 8.06. The van der Waals surface area contributed by atoms with Gasteiger partial charge in [0, 0.05) is 12.1 Å². The fourth-order valence-corrected chi connectivity index (χ4v) is 7.99. The number of carbonyl (C=O) groups is 2. The highest BCUT2D eigenvalue weighted by atomic mass is 32.2. The SMILES string of the molecule is C=CCOC(=O)N1C[C@H]2[C@@H](C(=O)[C@@H](CO)c3c(OCc4ccccc4)cc(COCOCc4ccccc4)cc31)N2S(=O)(=O)c1ccc(C)cc1. The number of carbonyl (C=O) groups excluding carboxylic acids is 2. The third-order valence-electron chi connectivity index (χ3n) is 8.81. The molecule has 1 fully saturated rings. The Hall–Kier alpha value is -4.85. The molecule has 4 aromatic rings. The van der Waals surface area contributed by atoms with E-state index in [9.17, 15) is 23.1 Å². The molecule has 2 aliphatic heterocycles. The number of fused-ring (bicyclic) bond motifs is 2. The van der Waals surface area contributed by atoms with Crippen LogP contribution in [0.3, 0.4) is 0 Å². The van der Waals surface area contributed by atoms with E-state index < -0.39 is 46.5 Å². The normalized spacial score (nSPS) is 19.6. The maximum Gasteiger partial charge on any atom is 0.414 e. The first-order valence-corrected chi connectivity index (χ1v) is 18.0. The van der Waals surface area contributed by atoms with Crippen molar-refractivity contribution in [2.75, 3.05) is 31.5 Å². The van der Waals surface area contributed by atoms with Gasteiger partial charge >= 0.3 is 6.09 Å². The summed E-state index contributed by atoms with van der Waals surface area (Å²) >= 11 is 0. The summed E-state index contributed by atoms with van der Waals surface area (Å²) in [5, 5.41) is 10.8. The first-order valence-electron chi connectivity index (χ1n) is 16.6. The minimum absolute atomic E-state index is 0.0206. The monoisotopic (exact) mass is 712 g/mol. The van der Waals surface area contributed by atoms with E-state index in [-0.39, 0.29) is 55.1 Å². The first kappa shape index (κ1) is 36.0. The lowest BCUT2D eigenvalue weighted by atomic mass is 9.87. The van der Waals surface area contributed by atoms with Gasteiger partial charge in [0.05, 0.1) is 42.4 Å². The van der Waals surface area contributed by atoms with Gasteiger partial charge in [-0.25, -0.2) is 13.2 Å². The van der Waals surface area contributed by atoms with Gasteiger partial charge in [0.1, 0.15) is 31.8 Å². The predicted molar refractivity (Wildman–Crippen MR) is 190 cm³/mol. The van der Waals surface area contributed by atoms with Crippen molar-refractivity contribution in [1.82, 2.24) is 4.31 Å². The van der Waals surface area contributed by atoms with Gasteiger partial charge in [0.2, 0.25) is 10.0 Å². The van der Waals surface area contributed by atoms with E-state index in [1.54, 1.807) is 24.3 Å². The molecule has 12 heteroatoms. The van der Waals surface area contributed by atoms with Crippen molar-refractivity contribution in [3.8, 4) is 5.75 Å². The predicted octanol–water partition coefficient (Wildman–Crippen LogP) is 5.49. The van der Waals surface area contributed by atoms with Crippen LogP contribution in [0.2, 0.25) is 0 Å². The summed E-state index contributed by atoms with van der Waals surface area (Å²) in [6, 6.07) is 26.7. The Morgan fingerprint density at radius 1 is 0.902 bits per heavy atom. The number of ether oxygens (including phenoxy) is 4. The molecule has 6 rings (SSSR count). The molecule has 0 spiro atoms. The highest BCUT2D eigenvalue weighted by molar-refractivity contribution is 7.89. The lowest BCUT2D eigenvalue weighted by Gasteiger charge is -2.30. The van der Waals surface area contributed by atoms with E-state index in [2.05, 4.69) is 6.58 Å². The molecular weight excluding hydrogens is 673 g/mol. The maximum absolute atomic E-state index is 14.3. The molecule has 0 radical (unpaired) electrons. The van der Waals surface area contributed by atoms with Gasteiger partial charge in [0.15, 0.2) is 5.78 Å². The zero-order chi connectivity index (χ0) is 36.0. The van der Waals surface area contributed by atoms with Crippen LogP contribution in [0.25, 0.3) is 0 Å². The number of ketones is 1. The second-order valence-corrected chi connectivity index (χ2v) is 14.2. The first-order chi connectivity index (χ1) is 24.7. The molecule has 0 aromatic heterocycles. The van der Waals surface area contributed by atoms with Crippen molar-refractivity contribution in [2.45, 2.75) is 49.6 Å². The van der Waals surface area contributed by atoms with Crippen molar-refractivity contribution < 1.29 is 42.1 Å². The number of sulfonamides is 1. The Morgan fingerprint density at radius 2 is 1.53 bits per heavy atom. The number of benzene rings is 4. The van der Waals surface area contributed by atoms with Crippen molar-refractivity contribution in [1.29, 1.82) is 0 Å². The second-order valence-electron chi connectivity index (χ2n) is 12.4. The molecule has 4 atom stereocenters. The summed E-state index contributed by atoms with van der Waals surface area (Å²) in [4.78, 5) is 29.4. The van der Waals surface area contributed by atoms with Crippen molar-refractivity contribution in [2.24, 2.45) is 0 Å². The van der Waals surface area contributed by atoms with E-state index in [4.69, 9.17) is 18.9 Å². The van der Waals surface area contributed by atoms with E-state index in [0.29, 0.717) is 12.2 Å². The number of hydrogen-bond donors (Lipinski definition) is 1. The van der Waals surface area contributed by atoms with Crippen LogP contribution in [0.1, 0.15) is 33.7 Å². The minimum Gasteiger partial charge on any atom is -0.489 e. The molecule has 266 valence electrons. The smallest absolute Gasteiger partial charge is 0.414 e. The molecule has 51 heavy (non-hydrogen) atoms. The van der Waals surface area contributed by atoms with Crippen LogP contribution in [-0.4, -0.2) is 68.3 Å². The third-order valence-corrected chi connectivity index (χ3v) is 10.7. The number of Topliss-reactive ketones (excluding diaryl/α,β-unsaturated/α-hetero) is 1. The number of aliphatic hydroxyl groups excluding tert-OH is 1. The van der Waals surface area contributed by atoms with Crippen LogP contribution in [0.5, 0.6) is 5.75 Å². The van der Waals surface area contributed by atoms with Crippen LogP contribution in [0.4, 0.5) is 10.5 Å². The topological polar surface area (TPSA) is 132 Å². The van der Waals surface area contributed by atoms with Crippen LogP contribution >= 0.6 is 0 Å². The number of hydrogen-bond acceptors (Lipinski definition) is 9. The van der Waals surface area contributed by atoms with Gasteiger partial charge in [-0.05, 0) is 47.9 Å². The van der Waals surface area contributed by atoms with Gasteiger partial charge < -0.3 is 24.1 Å². The Bertz CT molecular complexity index is 1950. The summed E-state index contributed by atoms with van der Waals surface area (Å²) in [6.45, 7) is 5.02. The summed E-state index contributed by atoms with van der Waals surface area (Å²) in [5.41, 5.74) is 3.78. The van der Waals surface area contributed by atoms with E-state index in [1.807, 2.05) is 67.6 Å². The van der Waals surface area contributed by atoms with E-state index in [0.717, 1.165) is 21.0 Å². The minimum atomic E-state index is -4.15. The highest BCUT2D eigenvalue weighted by Gasteiger charge is 2.62. The largest absolute Gasteiger partial charge is 0.489 e. The Morgan fingerprint density at radius 3 is 2.16 bits per heavy atom. The number of anilines is 1. The zero-order valence-corrected chi connectivity index (χ0v) is 29.0. The molecule has 2 aliphatic rings. The highest BCUT2D eigenvalue weighted by Crippen LogP contribution is 2.47. The molecule has 0 saturated carbocycles. The average Bonchev–Trinajstić information content (AvgIpc) is 3.87. The number of aryl methyl sites for hydroxylation is 1. The Balaban J connectivity index is 1.38. The lowest BCUT2D eigenvalue weighted by molar-refractivity contribution is -0.121. The fourth-order valence-electron chi connectivity index (χ4n) is 6.24. The summed E-state index contributed by atoms with van der Waals surface area (Å²) in [6.07, 6.45) is 0.643. The molecule has 0 bridgehead atoms. The summed E-state index contributed by atoms with van der Waals surface area (Å²) in [7, 11) is -4.15. The van der Waals surface area contributed by atoms with Crippen LogP contribution in [-0.2, 0) is 48.8 Å². The summed E-state index contributed by atoms with van der Waals surface area (Å²) < 4.78 is 52.3. The number of amides is 1. The maximum atomic E-state index is 14.3. The lowest BCUT2D eigenvalue weighted by Crippen LogP contribution is -2.40. The molecule has 1 amide bonds.